The Balaban J connectivity index is 2.49. The van der Waals surface area contributed by atoms with Gasteiger partial charge < -0.3 is 9.30 Å². The fourth-order valence-corrected chi connectivity index (χ4v) is 2.13. The molecule has 0 aliphatic carbocycles. The number of halogens is 2. The molecule has 0 fully saturated rings. The van der Waals surface area contributed by atoms with Crippen molar-refractivity contribution in [1.29, 1.82) is 0 Å². The van der Waals surface area contributed by atoms with E-state index in [4.69, 9.17) is 16.3 Å². The maximum absolute atomic E-state index is 13.3. The van der Waals surface area contributed by atoms with E-state index in [2.05, 4.69) is 4.98 Å². The molecule has 3 nitrogen and oxygen atoms in total. The molecule has 0 saturated carbocycles. The van der Waals surface area contributed by atoms with Crippen molar-refractivity contribution in [1.82, 2.24) is 9.55 Å². The molecule has 1 atom stereocenters. The summed E-state index contributed by atoms with van der Waals surface area (Å²) in [5.41, 5.74) is 1.58. The summed E-state index contributed by atoms with van der Waals surface area (Å²) >= 11 is 5.78. The predicted molar refractivity (Wildman–Crippen MR) is 70.6 cm³/mol. The lowest BCUT2D eigenvalue weighted by Crippen LogP contribution is -2.17. The number of hydrogen-bond acceptors (Lipinski definition) is 2. The van der Waals surface area contributed by atoms with Crippen LogP contribution in [0.1, 0.15) is 12.7 Å². The number of imidazole rings is 1. The van der Waals surface area contributed by atoms with Crippen LogP contribution in [0.4, 0.5) is 4.39 Å². The molecule has 1 aromatic carbocycles. The Hall–Kier alpha value is -1.13. The van der Waals surface area contributed by atoms with Crippen LogP contribution in [0.25, 0.3) is 11.0 Å². The smallest absolute Gasteiger partial charge is 0.125 e. The number of fused-ring (bicyclic) bond motifs is 1. The van der Waals surface area contributed by atoms with Gasteiger partial charge in [-0.3, -0.25) is 0 Å². The summed E-state index contributed by atoms with van der Waals surface area (Å²) in [5.74, 6) is 1.10. The second kappa shape index (κ2) is 5.67. The summed E-state index contributed by atoms with van der Waals surface area (Å²) in [7, 11) is 1.66. The molecular weight excluding hydrogens is 255 g/mol. The van der Waals surface area contributed by atoms with Crippen LogP contribution >= 0.6 is 11.6 Å². The Bertz CT molecular complexity index is 541. The molecule has 0 radical (unpaired) electrons. The molecule has 0 saturated heterocycles. The average molecular weight is 271 g/mol. The monoisotopic (exact) mass is 270 g/mol. The predicted octanol–water partition coefficient (Wildman–Crippen LogP) is 2.99. The summed E-state index contributed by atoms with van der Waals surface area (Å²) in [4.78, 5) is 4.49. The highest BCUT2D eigenvalue weighted by Crippen LogP contribution is 2.19. The zero-order valence-electron chi connectivity index (χ0n) is 10.5. The fraction of sp³-hybridized carbons (Fsp3) is 0.462. The lowest BCUT2D eigenvalue weighted by molar-refractivity contribution is 0.103. The largest absolute Gasteiger partial charge is 0.380 e. The highest BCUT2D eigenvalue weighted by Gasteiger charge is 2.13. The van der Waals surface area contributed by atoms with Crippen LogP contribution in [0, 0.1) is 5.82 Å². The van der Waals surface area contributed by atoms with Crippen molar-refractivity contribution in [3.8, 4) is 0 Å². The number of aromatic nitrogens is 2. The van der Waals surface area contributed by atoms with Crippen molar-refractivity contribution in [2.24, 2.45) is 0 Å². The van der Waals surface area contributed by atoms with Gasteiger partial charge in [-0.25, -0.2) is 9.37 Å². The Kier molecular flexibility index (Phi) is 4.19. The molecule has 0 amide bonds. The number of alkyl halides is 1. The van der Waals surface area contributed by atoms with E-state index in [1.54, 1.807) is 13.2 Å². The first-order chi connectivity index (χ1) is 8.65. The van der Waals surface area contributed by atoms with Gasteiger partial charge in [0, 0.05) is 19.4 Å². The van der Waals surface area contributed by atoms with E-state index in [1.165, 1.54) is 12.1 Å². The van der Waals surface area contributed by atoms with E-state index in [-0.39, 0.29) is 11.9 Å². The third kappa shape index (κ3) is 2.65. The molecule has 1 unspecified atom stereocenters. The van der Waals surface area contributed by atoms with Gasteiger partial charge in [0.25, 0.3) is 0 Å². The first-order valence-electron chi connectivity index (χ1n) is 5.89. The topological polar surface area (TPSA) is 27.1 Å². The van der Waals surface area contributed by atoms with E-state index in [0.29, 0.717) is 18.8 Å². The van der Waals surface area contributed by atoms with Crippen molar-refractivity contribution in [3.63, 3.8) is 0 Å². The van der Waals surface area contributed by atoms with Crippen molar-refractivity contribution < 1.29 is 9.13 Å². The van der Waals surface area contributed by atoms with E-state index in [1.807, 2.05) is 11.5 Å². The van der Waals surface area contributed by atoms with Gasteiger partial charge in [-0.2, -0.15) is 0 Å². The van der Waals surface area contributed by atoms with Gasteiger partial charge in [0.05, 0.1) is 23.7 Å². The number of nitrogens with zero attached hydrogens (tertiary/aromatic N) is 2. The van der Waals surface area contributed by atoms with Crippen LogP contribution in [0.2, 0.25) is 0 Å². The molecule has 0 bridgehead atoms. The molecule has 2 aromatic rings. The highest BCUT2D eigenvalue weighted by atomic mass is 35.5. The quantitative estimate of drug-likeness (QED) is 0.781. The molecular formula is C13H16ClFN2O. The lowest BCUT2D eigenvalue weighted by Gasteiger charge is -2.13. The van der Waals surface area contributed by atoms with E-state index in [9.17, 15) is 4.39 Å². The van der Waals surface area contributed by atoms with Crippen molar-refractivity contribution >= 4 is 22.6 Å². The zero-order valence-corrected chi connectivity index (χ0v) is 11.2. The maximum Gasteiger partial charge on any atom is 0.125 e. The molecule has 18 heavy (non-hydrogen) atoms. The van der Waals surface area contributed by atoms with E-state index >= 15 is 0 Å². The van der Waals surface area contributed by atoms with Gasteiger partial charge in [-0.05, 0) is 25.1 Å². The second-order valence-electron chi connectivity index (χ2n) is 4.26. The SMILES string of the molecule is COC(C)Cn1c(CCCl)nc2ccc(F)cc21. The van der Waals surface area contributed by atoms with Gasteiger partial charge in [0.1, 0.15) is 11.6 Å². The van der Waals surface area contributed by atoms with Crippen LogP contribution in [-0.2, 0) is 17.7 Å². The molecule has 0 aliphatic heterocycles. The minimum absolute atomic E-state index is 0.0414. The minimum Gasteiger partial charge on any atom is -0.380 e. The summed E-state index contributed by atoms with van der Waals surface area (Å²) < 4.78 is 20.6. The van der Waals surface area contributed by atoms with Crippen LogP contribution in [0.3, 0.4) is 0 Å². The van der Waals surface area contributed by atoms with Crippen molar-refractivity contribution in [2.45, 2.75) is 26.0 Å². The van der Waals surface area contributed by atoms with E-state index < -0.39 is 0 Å². The molecule has 0 aliphatic rings. The van der Waals surface area contributed by atoms with Crippen LogP contribution < -0.4 is 0 Å². The first-order valence-corrected chi connectivity index (χ1v) is 6.42. The Labute approximate surface area is 111 Å². The van der Waals surface area contributed by atoms with Gasteiger partial charge in [0.2, 0.25) is 0 Å². The summed E-state index contributed by atoms with van der Waals surface area (Å²) in [6, 6.07) is 4.61. The first kappa shape index (κ1) is 13.3. The molecule has 1 aromatic heterocycles. The number of methoxy groups -OCH3 is 1. The summed E-state index contributed by atoms with van der Waals surface area (Å²) in [6.07, 6.45) is 0.702. The Morgan fingerprint density at radius 3 is 2.94 bits per heavy atom. The molecule has 1 heterocycles. The summed E-state index contributed by atoms with van der Waals surface area (Å²) in [5, 5.41) is 0. The van der Waals surface area contributed by atoms with Gasteiger partial charge in [-0.1, -0.05) is 0 Å². The van der Waals surface area contributed by atoms with Crippen LogP contribution in [0.5, 0.6) is 0 Å². The standard InChI is InChI=1S/C13H16ClFN2O/c1-9(18-2)8-17-12-7-10(15)3-4-11(12)16-13(17)5-6-14/h3-4,7,9H,5-6,8H2,1-2H3. The molecule has 5 heteroatoms. The normalized spacial score (nSPS) is 13.1. The summed E-state index contributed by atoms with van der Waals surface area (Å²) in [6.45, 7) is 2.61. The Morgan fingerprint density at radius 1 is 1.50 bits per heavy atom. The van der Waals surface area contributed by atoms with Crippen LogP contribution in [-0.4, -0.2) is 28.6 Å². The molecule has 0 spiro atoms. The van der Waals surface area contributed by atoms with Gasteiger partial charge in [-0.15, -0.1) is 11.6 Å². The van der Waals surface area contributed by atoms with Gasteiger partial charge >= 0.3 is 0 Å². The minimum atomic E-state index is -0.258. The third-order valence-electron chi connectivity index (χ3n) is 2.95. The number of benzene rings is 1. The van der Waals surface area contributed by atoms with Crippen molar-refractivity contribution in [2.75, 3.05) is 13.0 Å². The maximum atomic E-state index is 13.3. The van der Waals surface area contributed by atoms with Crippen molar-refractivity contribution in [3.05, 3.63) is 29.8 Å². The molecule has 0 N–H and O–H groups in total. The van der Waals surface area contributed by atoms with Crippen LogP contribution in [0.15, 0.2) is 18.2 Å². The molecule has 2 rings (SSSR count). The second-order valence-corrected chi connectivity index (χ2v) is 4.63. The average Bonchev–Trinajstić information content (AvgIpc) is 2.68. The number of hydrogen-bond donors (Lipinski definition) is 0. The highest BCUT2D eigenvalue weighted by molar-refractivity contribution is 6.17. The number of ether oxygens (including phenoxy) is 1. The molecule has 98 valence electrons. The number of aryl methyl sites for hydroxylation is 1. The Morgan fingerprint density at radius 2 is 2.28 bits per heavy atom. The number of rotatable bonds is 5. The van der Waals surface area contributed by atoms with Gasteiger partial charge in [0.15, 0.2) is 0 Å². The third-order valence-corrected chi connectivity index (χ3v) is 3.14. The lowest BCUT2D eigenvalue weighted by atomic mass is 10.3. The van der Waals surface area contributed by atoms with E-state index in [0.717, 1.165) is 16.9 Å². The fourth-order valence-electron chi connectivity index (χ4n) is 1.96. The zero-order chi connectivity index (χ0) is 13.1.